The van der Waals surface area contributed by atoms with Gasteiger partial charge in [0.1, 0.15) is 65.2 Å². The normalized spacial score (nSPS) is 29.3. The van der Waals surface area contributed by atoms with Crippen molar-refractivity contribution in [2.75, 3.05) is 19.8 Å². The zero-order valence-corrected chi connectivity index (χ0v) is 41.9. The number of piperidine rings is 1. The number of benzene rings is 3. The number of rotatable bonds is 13. The van der Waals surface area contributed by atoms with Gasteiger partial charge in [-0.05, 0) is 129 Å². The molecule has 1 amide bonds. The lowest BCUT2D eigenvalue weighted by Gasteiger charge is -2.63. The highest BCUT2D eigenvalue weighted by atomic mass is 17.2. The first-order valence-electron chi connectivity index (χ1n) is 26.7. The summed E-state index contributed by atoms with van der Waals surface area (Å²) in [6.07, 6.45) is 6.75. The van der Waals surface area contributed by atoms with Crippen LogP contribution in [0, 0.1) is 36.5 Å². The Morgan fingerprint density at radius 1 is 0.932 bits per heavy atom. The maximum atomic E-state index is 14.2. The average Bonchev–Trinajstić information content (AvgIpc) is 4.21. The second-order valence-corrected chi connectivity index (χ2v) is 22.9. The van der Waals surface area contributed by atoms with Crippen molar-refractivity contribution < 1.29 is 59.5 Å². The van der Waals surface area contributed by atoms with E-state index in [1.54, 1.807) is 6.92 Å². The van der Waals surface area contributed by atoms with Crippen molar-refractivity contribution in [3.8, 4) is 22.9 Å². The highest BCUT2D eigenvalue weighted by Gasteiger charge is 2.65. The van der Waals surface area contributed by atoms with E-state index in [1.807, 2.05) is 24.5 Å². The number of phenols is 2. The van der Waals surface area contributed by atoms with E-state index in [-0.39, 0.29) is 58.6 Å². The Bertz CT molecular complexity index is 3200. The monoisotopic (exact) mass is 1020 g/mol. The van der Waals surface area contributed by atoms with Crippen LogP contribution in [0.2, 0.25) is 0 Å². The molecule has 17 nitrogen and oxygen atoms in total. The number of aromatic hydroxyl groups is 2. The number of aromatic amines is 1. The van der Waals surface area contributed by atoms with Gasteiger partial charge in [0.15, 0.2) is 16.8 Å². The van der Waals surface area contributed by atoms with E-state index in [4.69, 9.17) is 18.9 Å². The van der Waals surface area contributed by atoms with Gasteiger partial charge in [-0.15, -0.1) is 0 Å². The lowest BCUT2D eigenvalue weighted by Crippen LogP contribution is -2.72. The van der Waals surface area contributed by atoms with Crippen molar-refractivity contribution in [2.45, 2.75) is 145 Å². The molecule has 2 spiro atoms. The molecule has 6 aromatic rings. The summed E-state index contributed by atoms with van der Waals surface area (Å²) in [6.45, 7) is 2.72. The smallest absolute Gasteiger partial charge is 0.220 e. The zero-order chi connectivity index (χ0) is 51.4. The highest BCUT2D eigenvalue weighted by Crippen LogP contribution is 2.61. The van der Waals surface area contributed by atoms with Crippen molar-refractivity contribution in [3.05, 3.63) is 93.7 Å². The average molecular weight is 1020 g/mol. The Hall–Kier alpha value is -5.50. The molecule has 3 saturated carbocycles. The number of aliphatic hydroxyl groups excluding tert-OH is 4. The molecule has 3 aromatic heterocycles. The first-order valence-corrected chi connectivity index (χ1v) is 26.7. The van der Waals surface area contributed by atoms with E-state index in [2.05, 4.69) is 27.1 Å². The Balaban J connectivity index is 1.01. The van der Waals surface area contributed by atoms with Crippen LogP contribution in [-0.4, -0.2) is 118 Å². The number of H-pyrrole nitrogens is 1. The van der Waals surface area contributed by atoms with Crippen LogP contribution in [0.1, 0.15) is 93.7 Å². The standard InChI is InChI=1S/C57H68N4O13/c1-3-43-37-11-15-58-42(37)26-61(43)50-52-33(18-39-45(65)16-29(2)72-53(39)50)20-47(74-71-28-56(70,54(69)51(68)46(66)27-62)23-31-6-9-44(64)36-8-7-35(63)22-38(31)36)57(73-52)24-40(34-21-48(67)59-25-34)32-17-30-10-14-55(12-4-5-13-55)60-49(30)41(57)19-32/h6-9,11,15-16,18,22,26,30,32,34,40-41,46-47,49,51,54,58,60,62-64,66,68-70H,3-5,10,12-14,17,19-21,23-25,27-28H2,1-2H3,(H,59,67). The predicted molar refractivity (Wildman–Crippen MR) is 273 cm³/mol. The summed E-state index contributed by atoms with van der Waals surface area (Å²) in [5.74, 6) is 1.35. The molecular weight excluding hydrogens is 949 g/mol. The van der Waals surface area contributed by atoms with Gasteiger partial charge in [0.05, 0.1) is 17.5 Å². The van der Waals surface area contributed by atoms with Gasteiger partial charge in [-0.2, -0.15) is 0 Å². The van der Waals surface area contributed by atoms with Crippen molar-refractivity contribution in [1.29, 1.82) is 0 Å². The number of nitrogens with one attached hydrogen (secondary N) is 3. The van der Waals surface area contributed by atoms with Crippen LogP contribution >= 0.6 is 0 Å². The maximum absolute atomic E-state index is 14.2. The summed E-state index contributed by atoms with van der Waals surface area (Å²) in [5.41, 5.74) is 0.118. The Labute approximate surface area is 427 Å². The third-order valence-corrected chi connectivity index (χ3v) is 18.7. The molecule has 394 valence electrons. The largest absolute Gasteiger partial charge is 0.508 e. The molecule has 2 saturated heterocycles. The van der Waals surface area contributed by atoms with E-state index in [0.29, 0.717) is 87.7 Å². The van der Waals surface area contributed by atoms with E-state index in [1.165, 1.54) is 36.4 Å². The number of carbonyl (C=O) groups is 1. The molecule has 5 fully saturated rings. The fraction of sp³-hybridized carbons (Fsp3) is 0.544. The van der Waals surface area contributed by atoms with Gasteiger partial charge in [-0.1, -0.05) is 25.8 Å². The summed E-state index contributed by atoms with van der Waals surface area (Å²) in [7, 11) is 0. The number of ether oxygens (including phenoxy) is 1. The van der Waals surface area contributed by atoms with Crippen LogP contribution in [0.15, 0.2) is 70.1 Å². The van der Waals surface area contributed by atoms with Gasteiger partial charge in [-0.25, -0.2) is 9.78 Å². The lowest BCUT2D eigenvalue weighted by atomic mass is 9.50. The number of amides is 1. The number of hydrogen-bond donors (Lipinski definition) is 10. The second-order valence-electron chi connectivity index (χ2n) is 22.9. The first-order chi connectivity index (χ1) is 35.6. The number of hydrogen-bond acceptors (Lipinski definition) is 14. The molecule has 2 bridgehead atoms. The number of aliphatic hydroxyl groups is 5. The number of aryl methyl sites for hydroxylation is 2. The zero-order valence-electron chi connectivity index (χ0n) is 41.9. The van der Waals surface area contributed by atoms with Gasteiger partial charge in [0.25, 0.3) is 0 Å². The molecule has 12 atom stereocenters. The molecule has 6 aliphatic rings. The van der Waals surface area contributed by atoms with Gasteiger partial charge in [0.2, 0.25) is 5.91 Å². The molecular formula is C57H68N4O13. The SMILES string of the molecule is CCc1c2cc[nH]c2cn1-c1c2c(cc3c(=O)cc(C)oc13)CC(OOCC(O)(Cc1ccc(O)c3ccc(O)cc13)C(O)C(O)C(O)CO)C1(CC(C3CNC(=O)C3)C3CC4CCC5(CCCC5)NC4C1C3)O2. The minimum absolute atomic E-state index is 0.000401. The molecule has 74 heavy (non-hydrogen) atoms. The van der Waals surface area contributed by atoms with Crippen molar-refractivity contribution in [2.24, 2.45) is 29.6 Å². The molecule has 17 heteroatoms. The third kappa shape index (κ3) is 8.12. The summed E-state index contributed by atoms with van der Waals surface area (Å²) >= 11 is 0. The fourth-order valence-electron chi connectivity index (χ4n) is 15.0. The van der Waals surface area contributed by atoms with Gasteiger partial charge in [0, 0.05) is 83.8 Å². The van der Waals surface area contributed by atoms with Crippen LogP contribution < -0.4 is 20.8 Å². The second kappa shape index (κ2) is 18.7. The molecule has 12 rings (SSSR count). The number of phenolic OH excluding ortho intramolecular Hbond substituents is 2. The third-order valence-electron chi connectivity index (χ3n) is 18.7. The Kier molecular flexibility index (Phi) is 12.4. The molecule has 10 N–H and O–H groups in total. The number of nitrogens with zero attached hydrogens (tertiary/aromatic N) is 1. The predicted octanol–water partition coefficient (Wildman–Crippen LogP) is 5.40. The fourth-order valence-corrected chi connectivity index (χ4v) is 15.0. The topological polar surface area (TPSA) is 261 Å². The van der Waals surface area contributed by atoms with Crippen LogP contribution in [0.4, 0.5) is 0 Å². The van der Waals surface area contributed by atoms with Crippen LogP contribution in [-0.2, 0) is 33.8 Å². The minimum atomic E-state index is -2.43. The van der Waals surface area contributed by atoms with Gasteiger partial charge >= 0.3 is 0 Å². The van der Waals surface area contributed by atoms with Crippen molar-refractivity contribution >= 4 is 38.6 Å². The first kappa shape index (κ1) is 49.4. The minimum Gasteiger partial charge on any atom is -0.508 e. The maximum Gasteiger partial charge on any atom is 0.220 e. The Morgan fingerprint density at radius 2 is 1.76 bits per heavy atom. The van der Waals surface area contributed by atoms with Crippen LogP contribution in [0.5, 0.6) is 17.2 Å². The van der Waals surface area contributed by atoms with Crippen LogP contribution in [0.3, 0.4) is 0 Å². The summed E-state index contributed by atoms with van der Waals surface area (Å²) in [4.78, 5) is 43.8. The number of aromatic nitrogens is 2. The summed E-state index contributed by atoms with van der Waals surface area (Å²) in [6, 6.07) is 12.7. The van der Waals surface area contributed by atoms with E-state index in [9.17, 15) is 45.3 Å². The number of carbonyl (C=O) groups excluding carboxylic acids is 1. The molecule has 0 radical (unpaired) electrons. The van der Waals surface area contributed by atoms with E-state index < -0.39 is 55.3 Å². The quantitative estimate of drug-likeness (QED) is 0.0513. The van der Waals surface area contributed by atoms with Crippen LogP contribution in [0.25, 0.3) is 38.3 Å². The molecule has 3 aromatic carbocycles. The van der Waals surface area contributed by atoms with Crippen molar-refractivity contribution in [1.82, 2.24) is 20.2 Å². The van der Waals surface area contributed by atoms with E-state index in [0.717, 1.165) is 68.0 Å². The summed E-state index contributed by atoms with van der Waals surface area (Å²) in [5, 5.41) is 87.1. The molecule has 3 aliphatic heterocycles. The van der Waals surface area contributed by atoms with Gasteiger partial charge < -0.3 is 65.1 Å². The lowest BCUT2D eigenvalue weighted by molar-refractivity contribution is -0.382. The van der Waals surface area contributed by atoms with E-state index >= 15 is 0 Å². The van der Waals surface area contributed by atoms with Gasteiger partial charge in [-0.3, -0.25) is 9.59 Å². The molecule has 6 heterocycles. The molecule has 3 aliphatic carbocycles. The number of fused-ring (bicyclic) bond motifs is 9. The Morgan fingerprint density at radius 3 is 2.53 bits per heavy atom. The summed E-state index contributed by atoms with van der Waals surface area (Å²) < 4.78 is 16.7. The molecule has 12 unspecified atom stereocenters. The highest BCUT2D eigenvalue weighted by molar-refractivity contribution is 5.93. The van der Waals surface area contributed by atoms with Crippen molar-refractivity contribution in [3.63, 3.8) is 0 Å².